The summed E-state index contributed by atoms with van der Waals surface area (Å²) in [5.41, 5.74) is 5.05. The monoisotopic (exact) mass is 202 g/mol. The maximum Gasteiger partial charge on any atom is 0.217 e. The fourth-order valence-corrected chi connectivity index (χ4v) is 2.67. The summed E-state index contributed by atoms with van der Waals surface area (Å²) in [7, 11) is 0. The highest BCUT2D eigenvalue weighted by atomic mass is 32.2. The number of carbonyl (C=O) groups is 1. The molecule has 0 bridgehead atoms. The zero-order valence-electron chi connectivity index (χ0n) is 7.92. The normalized spacial score (nSPS) is 22.9. The smallest absolute Gasteiger partial charge is 0.217 e. The Labute approximate surface area is 83.8 Å². The van der Waals surface area contributed by atoms with Crippen molar-refractivity contribution in [3.8, 4) is 0 Å². The first-order valence-electron chi connectivity index (χ1n) is 4.89. The van der Waals surface area contributed by atoms with E-state index in [1.165, 1.54) is 19.4 Å². The molecule has 0 aromatic rings. The van der Waals surface area contributed by atoms with Crippen LogP contribution in [0.3, 0.4) is 0 Å². The molecule has 0 aliphatic carbocycles. The first kappa shape index (κ1) is 10.9. The molecule has 0 aromatic heterocycles. The summed E-state index contributed by atoms with van der Waals surface area (Å²) in [6.45, 7) is 2.29. The lowest BCUT2D eigenvalue weighted by atomic mass is 10.2. The van der Waals surface area contributed by atoms with E-state index in [0.29, 0.717) is 6.42 Å². The second kappa shape index (κ2) is 6.27. The van der Waals surface area contributed by atoms with Gasteiger partial charge >= 0.3 is 0 Å². The second-order valence-corrected chi connectivity index (χ2v) is 4.82. The number of primary amides is 1. The number of piperidine rings is 1. The Bertz CT molecular complexity index is 158. The van der Waals surface area contributed by atoms with Gasteiger partial charge in [-0.15, -0.1) is 0 Å². The van der Waals surface area contributed by atoms with E-state index in [0.717, 1.165) is 24.0 Å². The largest absolute Gasteiger partial charge is 0.370 e. The van der Waals surface area contributed by atoms with E-state index < -0.39 is 0 Å². The molecule has 1 fully saturated rings. The van der Waals surface area contributed by atoms with Crippen LogP contribution in [-0.2, 0) is 4.79 Å². The van der Waals surface area contributed by atoms with Crippen LogP contribution in [-0.4, -0.2) is 30.0 Å². The van der Waals surface area contributed by atoms with Crippen molar-refractivity contribution in [3.05, 3.63) is 0 Å². The molecule has 1 aliphatic heterocycles. The number of hydrogen-bond acceptors (Lipinski definition) is 3. The molecule has 13 heavy (non-hydrogen) atoms. The number of hydrogen-bond donors (Lipinski definition) is 2. The molecule has 4 heteroatoms. The van der Waals surface area contributed by atoms with Gasteiger partial charge < -0.3 is 11.1 Å². The molecule has 1 rings (SSSR count). The Morgan fingerprint density at radius 3 is 3.08 bits per heavy atom. The van der Waals surface area contributed by atoms with Gasteiger partial charge in [0.15, 0.2) is 0 Å². The van der Waals surface area contributed by atoms with Crippen LogP contribution >= 0.6 is 11.8 Å². The first-order chi connectivity index (χ1) is 6.29. The highest BCUT2D eigenvalue weighted by molar-refractivity contribution is 7.99. The lowest BCUT2D eigenvalue weighted by molar-refractivity contribution is -0.118. The highest BCUT2D eigenvalue weighted by Crippen LogP contribution is 2.19. The van der Waals surface area contributed by atoms with Crippen LogP contribution in [0.2, 0.25) is 0 Å². The summed E-state index contributed by atoms with van der Waals surface area (Å²) in [6.07, 6.45) is 4.06. The number of amides is 1. The lowest BCUT2D eigenvalue weighted by Gasteiger charge is -2.21. The van der Waals surface area contributed by atoms with Crippen LogP contribution in [0, 0.1) is 0 Å². The van der Waals surface area contributed by atoms with E-state index in [9.17, 15) is 4.79 Å². The molecule has 1 heterocycles. The molecule has 1 amide bonds. The maximum atomic E-state index is 10.5. The average Bonchev–Trinajstić information content (AvgIpc) is 2.14. The zero-order chi connectivity index (χ0) is 9.52. The maximum absolute atomic E-state index is 10.5. The van der Waals surface area contributed by atoms with Gasteiger partial charge in [-0.1, -0.05) is 0 Å². The Balaban J connectivity index is 1.95. The van der Waals surface area contributed by atoms with E-state index in [1.54, 1.807) is 0 Å². The van der Waals surface area contributed by atoms with E-state index in [2.05, 4.69) is 5.32 Å². The van der Waals surface area contributed by atoms with Gasteiger partial charge in [-0.05, 0) is 31.6 Å². The number of nitrogens with one attached hydrogen (secondary N) is 1. The summed E-state index contributed by atoms with van der Waals surface area (Å²) in [5.74, 6) is 0.886. The molecule has 1 unspecified atom stereocenters. The van der Waals surface area contributed by atoms with Crippen LogP contribution in [0.15, 0.2) is 0 Å². The van der Waals surface area contributed by atoms with Crippen molar-refractivity contribution in [1.82, 2.24) is 5.32 Å². The van der Waals surface area contributed by atoms with E-state index >= 15 is 0 Å². The van der Waals surface area contributed by atoms with Crippen molar-refractivity contribution < 1.29 is 4.79 Å². The summed E-state index contributed by atoms with van der Waals surface area (Å²) in [4.78, 5) is 10.5. The molecule has 3 N–H and O–H groups in total. The quantitative estimate of drug-likeness (QED) is 0.646. The number of rotatable bonds is 5. The molecular formula is C9H18N2OS. The Kier molecular flexibility index (Phi) is 5.23. The molecule has 0 radical (unpaired) electrons. The van der Waals surface area contributed by atoms with Gasteiger partial charge in [0.2, 0.25) is 5.91 Å². The SMILES string of the molecule is NC(=O)CCCSC1CCCNC1. The standard InChI is InChI=1S/C9H18N2OS/c10-9(12)4-2-6-13-8-3-1-5-11-7-8/h8,11H,1-7H2,(H2,10,12). The number of carbonyl (C=O) groups excluding carboxylic acids is 1. The van der Waals surface area contributed by atoms with E-state index in [-0.39, 0.29) is 5.91 Å². The third kappa shape index (κ3) is 5.16. The Hall–Kier alpha value is -0.220. The van der Waals surface area contributed by atoms with Crippen molar-refractivity contribution in [2.24, 2.45) is 5.73 Å². The van der Waals surface area contributed by atoms with Gasteiger partial charge in [0.1, 0.15) is 0 Å². The number of nitrogens with two attached hydrogens (primary N) is 1. The minimum Gasteiger partial charge on any atom is -0.370 e. The summed E-state index contributed by atoms with van der Waals surface area (Å²) >= 11 is 1.97. The molecule has 0 aromatic carbocycles. The Morgan fingerprint density at radius 1 is 1.62 bits per heavy atom. The third-order valence-corrected chi connectivity index (χ3v) is 3.57. The predicted molar refractivity (Wildman–Crippen MR) is 56.8 cm³/mol. The van der Waals surface area contributed by atoms with E-state index in [4.69, 9.17) is 5.73 Å². The number of thioether (sulfide) groups is 1. The fraction of sp³-hybridized carbons (Fsp3) is 0.889. The van der Waals surface area contributed by atoms with Crippen molar-refractivity contribution in [3.63, 3.8) is 0 Å². The van der Waals surface area contributed by atoms with Crippen LogP contribution in [0.4, 0.5) is 0 Å². The lowest BCUT2D eigenvalue weighted by Crippen LogP contribution is -2.31. The van der Waals surface area contributed by atoms with Crippen LogP contribution < -0.4 is 11.1 Å². The van der Waals surface area contributed by atoms with Crippen molar-refractivity contribution in [1.29, 1.82) is 0 Å². The topological polar surface area (TPSA) is 55.1 Å². The predicted octanol–water partition coefficient (Wildman–Crippen LogP) is 0.737. The first-order valence-corrected chi connectivity index (χ1v) is 5.94. The fourth-order valence-electron chi connectivity index (χ4n) is 1.46. The van der Waals surface area contributed by atoms with Gasteiger partial charge in [0.25, 0.3) is 0 Å². The van der Waals surface area contributed by atoms with Crippen LogP contribution in [0.5, 0.6) is 0 Å². The summed E-state index contributed by atoms with van der Waals surface area (Å²) < 4.78 is 0. The zero-order valence-corrected chi connectivity index (χ0v) is 8.74. The minimum atomic E-state index is -0.178. The van der Waals surface area contributed by atoms with Gasteiger partial charge in [0.05, 0.1) is 0 Å². The van der Waals surface area contributed by atoms with Gasteiger partial charge in [-0.25, -0.2) is 0 Å². The van der Waals surface area contributed by atoms with Crippen LogP contribution in [0.25, 0.3) is 0 Å². The van der Waals surface area contributed by atoms with Crippen molar-refractivity contribution in [2.75, 3.05) is 18.8 Å². The molecule has 76 valence electrons. The Morgan fingerprint density at radius 2 is 2.46 bits per heavy atom. The minimum absolute atomic E-state index is 0.178. The van der Waals surface area contributed by atoms with Crippen molar-refractivity contribution >= 4 is 17.7 Å². The molecule has 1 saturated heterocycles. The van der Waals surface area contributed by atoms with Gasteiger partial charge in [0, 0.05) is 18.2 Å². The van der Waals surface area contributed by atoms with Gasteiger partial charge in [-0.3, -0.25) is 4.79 Å². The summed E-state index contributed by atoms with van der Waals surface area (Å²) in [6, 6.07) is 0. The molecule has 1 atom stereocenters. The third-order valence-electron chi connectivity index (χ3n) is 2.17. The average molecular weight is 202 g/mol. The molecule has 0 saturated carbocycles. The van der Waals surface area contributed by atoms with Crippen LogP contribution in [0.1, 0.15) is 25.7 Å². The van der Waals surface area contributed by atoms with Crippen molar-refractivity contribution in [2.45, 2.75) is 30.9 Å². The highest BCUT2D eigenvalue weighted by Gasteiger charge is 2.12. The van der Waals surface area contributed by atoms with E-state index in [1.807, 2.05) is 11.8 Å². The second-order valence-electron chi connectivity index (χ2n) is 3.41. The molecule has 3 nitrogen and oxygen atoms in total. The molecule has 1 aliphatic rings. The van der Waals surface area contributed by atoms with Gasteiger partial charge in [-0.2, -0.15) is 11.8 Å². The molecular weight excluding hydrogens is 184 g/mol. The molecule has 0 spiro atoms. The summed E-state index contributed by atoms with van der Waals surface area (Å²) in [5, 5.41) is 4.12.